The number of hydrogen-bond acceptors (Lipinski definition) is 3. The molecule has 0 aromatic rings. The van der Waals surface area contributed by atoms with Crippen molar-refractivity contribution in [1.82, 2.24) is 5.32 Å². The highest BCUT2D eigenvalue weighted by Crippen LogP contribution is 2.32. The highest BCUT2D eigenvalue weighted by Gasteiger charge is 2.37. The Morgan fingerprint density at radius 1 is 1.43 bits per heavy atom. The minimum atomic E-state index is -2.75. The molecule has 0 amide bonds. The topological polar surface area (TPSA) is 46.2 Å². The van der Waals surface area contributed by atoms with E-state index in [2.05, 4.69) is 5.32 Å². The van der Waals surface area contributed by atoms with Gasteiger partial charge in [-0.15, -0.1) is 0 Å². The average Bonchev–Trinajstić information content (AvgIpc) is 2.80. The third-order valence-corrected chi connectivity index (χ3v) is 5.21. The molecular formula is C10H19NO2S. The fraction of sp³-hybridized carbons (Fsp3) is 1.00. The lowest BCUT2D eigenvalue weighted by Gasteiger charge is -2.23. The average molecular weight is 217 g/mol. The molecule has 1 aliphatic heterocycles. The molecule has 0 radical (unpaired) electrons. The Morgan fingerprint density at radius 3 is 2.64 bits per heavy atom. The SMILES string of the molecule is CC1(NCCC2CC2)CCS(=O)(=O)C1. The van der Waals surface area contributed by atoms with Gasteiger partial charge in [-0.1, -0.05) is 12.8 Å². The van der Waals surface area contributed by atoms with Crippen molar-refractivity contribution in [2.45, 2.75) is 38.1 Å². The fourth-order valence-corrected chi connectivity index (χ4v) is 4.26. The summed E-state index contributed by atoms with van der Waals surface area (Å²) in [7, 11) is -2.75. The summed E-state index contributed by atoms with van der Waals surface area (Å²) in [4.78, 5) is 0. The molecule has 3 nitrogen and oxygen atoms in total. The van der Waals surface area contributed by atoms with Gasteiger partial charge in [0, 0.05) is 5.54 Å². The second-order valence-electron chi connectivity index (χ2n) is 5.06. The van der Waals surface area contributed by atoms with Crippen molar-refractivity contribution in [3.63, 3.8) is 0 Å². The Labute approximate surface area is 86.2 Å². The quantitative estimate of drug-likeness (QED) is 0.762. The molecule has 0 bridgehead atoms. The first kappa shape index (κ1) is 10.4. The molecular weight excluding hydrogens is 198 g/mol. The van der Waals surface area contributed by atoms with E-state index in [1.54, 1.807) is 0 Å². The molecule has 1 N–H and O–H groups in total. The van der Waals surface area contributed by atoms with Crippen LogP contribution in [0.4, 0.5) is 0 Å². The maximum absolute atomic E-state index is 11.3. The van der Waals surface area contributed by atoms with E-state index in [1.807, 2.05) is 6.92 Å². The fourth-order valence-electron chi connectivity index (χ4n) is 2.13. The van der Waals surface area contributed by atoms with Gasteiger partial charge >= 0.3 is 0 Å². The molecule has 2 rings (SSSR count). The van der Waals surface area contributed by atoms with Gasteiger partial charge in [-0.25, -0.2) is 8.42 Å². The predicted molar refractivity (Wildman–Crippen MR) is 57.0 cm³/mol. The Hall–Kier alpha value is -0.0900. The molecule has 2 aliphatic rings. The summed E-state index contributed by atoms with van der Waals surface area (Å²) < 4.78 is 22.6. The van der Waals surface area contributed by atoms with Crippen LogP contribution in [0.15, 0.2) is 0 Å². The molecule has 82 valence electrons. The third kappa shape index (κ3) is 2.70. The molecule has 1 saturated carbocycles. The zero-order valence-electron chi connectivity index (χ0n) is 8.75. The summed E-state index contributed by atoms with van der Waals surface area (Å²) >= 11 is 0. The normalized spacial score (nSPS) is 36.1. The number of nitrogens with one attached hydrogen (secondary N) is 1. The van der Waals surface area contributed by atoms with Gasteiger partial charge in [-0.2, -0.15) is 0 Å². The summed E-state index contributed by atoms with van der Waals surface area (Å²) in [6.45, 7) is 3.02. The monoisotopic (exact) mass is 217 g/mol. The van der Waals surface area contributed by atoms with Crippen LogP contribution in [-0.4, -0.2) is 32.0 Å². The summed E-state index contributed by atoms with van der Waals surface area (Å²) in [5.74, 6) is 1.61. The predicted octanol–water partition coefficient (Wildman–Crippen LogP) is 0.953. The van der Waals surface area contributed by atoms with E-state index >= 15 is 0 Å². The first-order valence-corrected chi connectivity index (χ1v) is 7.27. The van der Waals surface area contributed by atoms with Crippen molar-refractivity contribution in [1.29, 1.82) is 0 Å². The van der Waals surface area contributed by atoms with Gasteiger partial charge < -0.3 is 5.32 Å². The van der Waals surface area contributed by atoms with Crippen molar-refractivity contribution in [3.05, 3.63) is 0 Å². The molecule has 1 unspecified atom stereocenters. The molecule has 1 saturated heterocycles. The van der Waals surface area contributed by atoms with Crippen molar-refractivity contribution in [3.8, 4) is 0 Å². The first-order chi connectivity index (χ1) is 6.49. The van der Waals surface area contributed by atoms with Crippen molar-refractivity contribution >= 4 is 9.84 Å². The molecule has 1 heterocycles. The van der Waals surface area contributed by atoms with E-state index in [4.69, 9.17) is 0 Å². The van der Waals surface area contributed by atoms with Crippen LogP contribution in [0.5, 0.6) is 0 Å². The standard InChI is InChI=1S/C10H19NO2S/c1-10(5-7-14(12,13)8-10)11-6-4-9-2-3-9/h9,11H,2-8H2,1H3. The lowest BCUT2D eigenvalue weighted by atomic mass is 10.0. The molecule has 0 aromatic heterocycles. The second kappa shape index (κ2) is 3.49. The Kier molecular flexibility index (Phi) is 2.60. The summed E-state index contributed by atoms with van der Waals surface area (Å²) in [6.07, 6.45) is 4.74. The van der Waals surface area contributed by atoms with Crippen LogP contribution in [0.1, 0.15) is 32.6 Å². The third-order valence-electron chi connectivity index (χ3n) is 3.30. The van der Waals surface area contributed by atoms with E-state index in [-0.39, 0.29) is 5.54 Å². The zero-order chi connectivity index (χ0) is 10.2. The van der Waals surface area contributed by atoms with Crippen LogP contribution < -0.4 is 5.32 Å². The largest absolute Gasteiger partial charge is 0.310 e. The Balaban J connectivity index is 1.78. The van der Waals surface area contributed by atoms with Gasteiger partial charge in [0.1, 0.15) is 0 Å². The molecule has 1 aliphatic carbocycles. The lowest BCUT2D eigenvalue weighted by Crippen LogP contribution is -2.43. The summed E-state index contributed by atoms with van der Waals surface area (Å²) in [5, 5.41) is 3.41. The summed E-state index contributed by atoms with van der Waals surface area (Å²) in [5.41, 5.74) is -0.145. The Morgan fingerprint density at radius 2 is 2.14 bits per heavy atom. The van der Waals surface area contributed by atoms with Crippen molar-refractivity contribution in [2.75, 3.05) is 18.1 Å². The van der Waals surface area contributed by atoms with E-state index in [0.717, 1.165) is 18.9 Å². The smallest absolute Gasteiger partial charge is 0.152 e. The minimum Gasteiger partial charge on any atom is -0.310 e. The van der Waals surface area contributed by atoms with Crippen molar-refractivity contribution in [2.24, 2.45) is 5.92 Å². The van der Waals surface area contributed by atoms with Gasteiger partial charge in [-0.05, 0) is 32.2 Å². The molecule has 0 spiro atoms. The summed E-state index contributed by atoms with van der Waals surface area (Å²) in [6, 6.07) is 0. The van der Waals surface area contributed by atoms with Gasteiger partial charge in [0.05, 0.1) is 11.5 Å². The van der Waals surface area contributed by atoms with Crippen LogP contribution >= 0.6 is 0 Å². The number of hydrogen-bond donors (Lipinski definition) is 1. The number of rotatable bonds is 4. The Bertz CT molecular complexity index is 308. The first-order valence-electron chi connectivity index (χ1n) is 5.45. The molecule has 0 aromatic carbocycles. The molecule has 2 fully saturated rings. The van der Waals surface area contributed by atoms with Gasteiger partial charge in [-0.3, -0.25) is 0 Å². The lowest BCUT2D eigenvalue weighted by molar-refractivity contribution is 0.389. The maximum Gasteiger partial charge on any atom is 0.152 e. The van der Waals surface area contributed by atoms with E-state index in [1.165, 1.54) is 19.3 Å². The zero-order valence-corrected chi connectivity index (χ0v) is 9.57. The van der Waals surface area contributed by atoms with Crippen LogP contribution in [0.3, 0.4) is 0 Å². The second-order valence-corrected chi connectivity index (χ2v) is 7.25. The van der Waals surface area contributed by atoms with Crippen LogP contribution in [0, 0.1) is 5.92 Å². The van der Waals surface area contributed by atoms with E-state index in [0.29, 0.717) is 11.5 Å². The molecule has 4 heteroatoms. The minimum absolute atomic E-state index is 0.145. The van der Waals surface area contributed by atoms with Crippen LogP contribution in [0.25, 0.3) is 0 Å². The van der Waals surface area contributed by atoms with E-state index in [9.17, 15) is 8.42 Å². The van der Waals surface area contributed by atoms with Gasteiger partial charge in [0.15, 0.2) is 9.84 Å². The highest BCUT2D eigenvalue weighted by atomic mass is 32.2. The van der Waals surface area contributed by atoms with Crippen LogP contribution in [-0.2, 0) is 9.84 Å². The van der Waals surface area contributed by atoms with Crippen molar-refractivity contribution < 1.29 is 8.42 Å². The molecule has 14 heavy (non-hydrogen) atoms. The highest BCUT2D eigenvalue weighted by molar-refractivity contribution is 7.91. The van der Waals surface area contributed by atoms with E-state index < -0.39 is 9.84 Å². The maximum atomic E-state index is 11.3. The molecule has 1 atom stereocenters. The number of sulfone groups is 1. The van der Waals surface area contributed by atoms with Gasteiger partial charge in [0.25, 0.3) is 0 Å². The van der Waals surface area contributed by atoms with Gasteiger partial charge in [0.2, 0.25) is 0 Å². The van der Waals surface area contributed by atoms with Crippen LogP contribution in [0.2, 0.25) is 0 Å².